The first-order chi connectivity index (χ1) is 8.84. The number of aliphatic carboxylic acids is 1. The number of hydrogen-bond acceptors (Lipinski definition) is 4. The Balaban J connectivity index is 2.76. The second-order valence-corrected chi connectivity index (χ2v) is 4.89. The molecule has 106 valence electrons. The van der Waals surface area contributed by atoms with Crippen LogP contribution in [0.15, 0.2) is 4.52 Å². The third-order valence-electron chi connectivity index (χ3n) is 2.86. The number of aromatic nitrogens is 1. The van der Waals surface area contributed by atoms with E-state index < -0.39 is 5.97 Å². The van der Waals surface area contributed by atoms with Crippen molar-refractivity contribution in [2.45, 2.75) is 39.5 Å². The van der Waals surface area contributed by atoms with Crippen LogP contribution in [-0.2, 0) is 4.79 Å². The molecule has 6 heteroatoms. The Morgan fingerprint density at radius 3 is 2.58 bits per heavy atom. The molecule has 1 aromatic heterocycles. The lowest BCUT2D eigenvalue weighted by atomic mass is 10.0. The molecule has 0 saturated carbocycles. The summed E-state index contributed by atoms with van der Waals surface area (Å²) < 4.78 is 5.18. The van der Waals surface area contributed by atoms with Gasteiger partial charge in [0, 0.05) is 25.9 Å². The Morgan fingerprint density at radius 1 is 1.42 bits per heavy atom. The smallest absolute Gasteiger partial charge is 0.303 e. The van der Waals surface area contributed by atoms with Crippen LogP contribution in [0.3, 0.4) is 0 Å². The van der Waals surface area contributed by atoms with E-state index in [9.17, 15) is 9.59 Å². The van der Waals surface area contributed by atoms with Crippen molar-refractivity contribution < 1.29 is 19.2 Å². The first-order valence-corrected chi connectivity index (χ1v) is 6.28. The number of carboxylic acid groups (broad SMARTS) is 1. The third kappa shape index (κ3) is 3.81. The van der Waals surface area contributed by atoms with Gasteiger partial charge in [-0.15, -0.1) is 0 Å². The van der Waals surface area contributed by atoms with Crippen molar-refractivity contribution in [2.75, 3.05) is 13.6 Å². The molecule has 0 saturated heterocycles. The van der Waals surface area contributed by atoms with Crippen LogP contribution in [0.25, 0.3) is 0 Å². The van der Waals surface area contributed by atoms with E-state index in [0.717, 1.165) is 0 Å². The first kappa shape index (κ1) is 15.2. The van der Waals surface area contributed by atoms with Gasteiger partial charge >= 0.3 is 5.97 Å². The van der Waals surface area contributed by atoms with E-state index in [4.69, 9.17) is 9.63 Å². The predicted molar refractivity (Wildman–Crippen MR) is 69.2 cm³/mol. The molecular formula is C13H20N2O4. The molecule has 0 unspecified atom stereocenters. The molecule has 1 aromatic rings. The molecule has 1 amide bonds. The minimum atomic E-state index is -0.857. The molecular weight excluding hydrogens is 248 g/mol. The van der Waals surface area contributed by atoms with Gasteiger partial charge in [-0.3, -0.25) is 9.59 Å². The van der Waals surface area contributed by atoms with Gasteiger partial charge in [-0.2, -0.15) is 0 Å². The molecule has 0 aromatic carbocycles. The monoisotopic (exact) mass is 268 g/mol. The van der Waals surface area contributed by atoms with Crippen LogP contribution in [0.5, 0.6) is 0 Å². The lowest BCUT2D eigenvalue weighted by Crippen LogP contribution is -2.29. The van der Waals surface area contributed by atoms with Crippen molar-refractivity contribution >= 4 is 11.9 Å². The van der Waals surface area contributed by atoms with Crippen molar-refractivity contribution in [1.82, 2.24) is 10.1 Å². The largest absolute Gasteiger partial charge is 0.481 e. The van der Waals surface area contributed by atoms with Crippen molar-refractivity contribution in [1.29, 1.82) is 0 Å². The summed E-state index contributed by atoms with van der Waals surface area (Å²) in [5.74, 6) is -0.377. The highest BCUT2D eigenvalue weighted by molar-refractivity contribution is 5.96. The SMILES string of the molecule is Cc1noc(C(C)C)c1C(=O)N(C)CCCC(=O)O. The highest BCUT2D eigenvalue weighted by Crippen LogP contribution is 2.23. The van der Waals surface area contributed by atoms with Gasteiger partial charge in [-0.05, 0) is 13.3 Å². The van der Waals surface area contributed by atoms with Gasteiger partial charge in [0.25, 0.3) is 5.91 Å². The number of aryl methyl sites for hydroxylation is 1. The number of hydrogen-bond donors (Lipinski definition) is 1. The summed E-state index contributed by atoms with van der Waals surface area (Å²) in [6.45, 7) is 5.99. The van der Waals surface area contributed by atoms with Crippen LogP contribution < -0.4 is 0 Å². The average Bonchev–Trinajstić information content (AvgIpc) is 2.69. The molecule has 0 fully saturated rings. The van der Waals surface area contributed by atoms with Gasteiger partial charge in [-0.25, -0.2) is 0 Å². The zero-order chi connectivity index (χ0) is 14.6. The zero-order valence-corrected chi connectivity index (χ0v) is 11.8. The predicted octanol–water partition coefficient (Wildman–Crippen LogP) is 2.04. The average molecular weight is 268 g/mol. The lowest BCUT2D eigenvalue weighted by molar-refractivity contribution is -0.137. The second-order valence-electron chi connectivity index (χ2n) is 4.89. The molecule has 0 spiro atoms. The van der Waals surface area contributed by atoms with Crippen molar-refractivity contribution in [2.24, 2.45) is 0 Å². The molecule has 6 nitrogen and oxygen atoms in total. The molecule has 1 heterocycles. The van der Waals surface area contributed by atoms with E-state index in [2.05, 4.69) is 5.16 Å². The molecule has 0 aliphatic rings. The Kier molecular flexibility index (Phi) is 5.09. The topological polar surface area (TPSA) is 83.6 Å². The van der Waals surface area contributed by atoms with Crippen molar-refractivity contribution in [3.63, 3.8) is 0 Å². The number of amides is 1. The van der Waals surface area contributed by atoms with E-state index in [0.29, 0.717) is 30.0 Å². The standard InChI is InChI=1S/C13H20N2O4/c1-8(2)12-11(9(3)14-19-12)13(18)15(4)7-5-6-10(16)17/h8H,5-7H2,1-4H3,(H,16,17). The van der Waals surface area contributed by atoms with Gasteiger partial charge in [-0.1, -0.05) is 19.0 Å². The summed E-state index contributed by atoms with van der Waals surface area (Å²) in [6.07, 6.45) is 0.482. The number of carbonyl (C=O) groups excluding carboxylic acids is 1. The van der Waals surface area contributed by atoms with E-state index >= 15 is 0 Å². The molecule has 0 aliphatic heterocycles. The van der Waals surface area contributed by atoms with Crippen molar-refractivity contribution in [3.05, 3.63) is 17.0 Å². The maximum Gasteiger partial charge on any atom is 0.303 e. The molecule has 0 aliphatic carbocycles. The Labute approximate surface area is 112 Å². The Bertz CT molecular complexity index is 465. The quantitative estimate of drug-likeness (QED) is 0.853. The lowest BCUT2D eigenvalue weighted by Gasteiger charge is -2.17. The Morgan fingerprint density at radius 2 is 2.05 bits per heavy atom. The number of carbonyl (C=O) groups is 2. The number of carboxylic acids is 1. The molecule has 0 atom stereocenters. The van der Waals surface area contributed by atoms with Gasteiger partial charge in [0.1, 0.15) is 5.56 Å². The number of rotatable bonds is 6. The van der Waals surface area contributed by atoms with Crippen LogP contribution in [-0.4, -0.2) is 40.6 Å². The van der Waals surface area contributed by atoms with E-state index in [1.165, 1.54) is 4.90 Å². The minimum Gasteiger partial charge on any atom is -0.481 e. The van der Waals surface area contributed by atoms with Gasteiger partial charge in [0.15, 0.2) is 5.76 Å². The fourth-order valence-electron chi connectivity index (χ4n) is 1.80. The maximum atomic E-state index is 12.3. The maximum absolute atomic E-state index is 12.3. The molecule has 1 N–H and O–H groups in total. The van der Waals surface area contributed by atoms with Crippen LogP contribution in [0.4, 0.5) is 0 Å². The van der Waals surface area contributed by atoms with Gasteiger partial charge < -0.3 is 14.5 Å². The Hall–Kier alpha value is -1.85. The second kappa shape index (κ2) is 6.36. The minimum absolute atomic E-state index is 0.0529. The van der Waals surface area contributed by atoms with E-state index in [-0.39, 0.29) is 18.2 Å². The summed E-state index contributed by atoms with van der Waals surface area (Å²) in [4.78, 5) is 24.3. The molecule has 0 bridgehead atoms. The van der Waals surface area contributed by atoms with Crippen LogP contribution >= 0.6 is 0 Å². The normalized spacial score (nSPS) is 10.8. The highest BCUT2D eigenvalue weighted by Gasteiger charge is 2.24. The highest BCUT2D eigenvalue weighted by atomic mass is 16.5. The molecule has 1 rings (SSSR count). The van der Waals surface area contributed by atoms with Crippen LogP contribution in [0.2, 0.25) is 0 Å². The summed E-state index contributed by atoms with van der Waals surface area (Å²) in [7, 11) is 1.65. The van der Waals surface area contributed by atoms with Crippen LogP contribution in [0, 0.1) is 6.92 Å². The van der Waals surface area contributed by atoms with Gasteiger partial charge in [0.05, 0.1) is 5.69 Å². The van der Waals surface area contributed by atoms with Crippen LogP contribution in [0.1, 0.15) is 54.4 Å². The summed E-state index contributed by atoms with van der Waals surface area (Å²) in [6, 6.07) is 0. The number of nitrogens with zero attached hydrogens (tertiary/aromatic N) is 2. The molecule has 19 heavy (non-hydrogen) atoms. The summed E-state index contributed by atoms with van der Waals surface area (Å²) in [5, 5.41) is 12.4. The van der Waals surface area contributed by atoms with Gasteiger partial charge in [0.2, 0.25) is 0 Å². The zero-order valence-electron chi connectivity index (χ0n) is 11.8. The van der Waals surface area contributed by atoms with E-state index in [1.54, 1.807) is 14.0 Å². The summed E-state index contributed by atoms with van der Waals surface area (Å²) >= 11 is 0. The third-order valence-corrected chi connectivity index (χ3v) is 2.86. The van der Waals surface area contributed by atoms with Crippen molar-refractivity contribution in [3.8, 4) is 0 Å². The first-order valence-electron chi connectivity index (χ1n) is 6.28. The fraction of sp³-hybridized carbons (Fsp3) is 0.615. The summed E-state index contributed by atoms with van der Waals surface area (Å²) in [5.41, 5.74) is 1.06. The molecule has 0 radical (unpaired) electrons. The fourth-order valence-corrected chi connectivity index (χ4v) is 1.80. The van der Waals surface area contributed by atoms with E-state index in [1.807, 2.05) is 13.8 Å².